The minimum atomic E-state index is -1.99. The molecule has 0 amide bonds. The first-order chi connectivity index (χ1) is 17.5. The lowest BCUT2D eigenvalue weighted by atomic mass is 9.56. The Morgan fingerprint density at radius 1 is 1.16 bits per heavy atom. The molecule has 3 fully saturated rings. The van der Waals surface area contributed by atoms with Gasteiger partial charge in [0.25, 0.3) is 0 Å². The number of hydrogen-bond acceptors (Lipinski definition) is 6. The van der Waals surface area contributed by atoms with Gasteiger partial charge < -0.3 is 25.6 Å². The number of aromatic nitrogens is 1. The lowest BCUT2D eigenvalue weighted by molar-refractivity contribution is -0.282. The molecule has 2 spiro atoms. The van der Waals surface area contributed by atoms with E-state index in [-0.39, 0.29) is 23.8 Å². The molecule has 2 bridgehead atoms. The van der Waals surface area contributed by atoms with Crippen molar-refractivity contribution in [2.75, 3.05) is 19.8 Å². The Hall–Kier alpha value is -2.32. The number of aliphatic hydroxyl groups is 2. The third-order valence-electron chi connectivity index (χ3n) is 10.8. The number of likely N-dealkylation sites (N-methyl/N-ethyl adjacent to an activating group) is 1. The van der Waals surface area contributed by atoms with Gasteiger partial charge in [0.15, 0.2) is 5.67 Å². The van der Waals surface area contributed by atoms with E-state index < -0.39 is 29.1 Å². The molecule has 5 aliphatic rings. The molecule has 7 rings (SSSR count). The summed E-state index contributed by atoms with van der Waals surface area (Å²) < 4.78 is 23.9. The van der Waals surface area contributed by atoms with Gasteiger partial charge in [-0.25, -0.2) is 9.37 Å². The van der Waals surface area contributed by atoms with E-state index in [0.29, 0.717) is 18.7 Å². The van der Waals surface area contributed by atoms with Crippen LogP contribution in [0.15, 0.2) is 48.2 Å². The molecule has 1 aromatic carbocycles. The summed E-state index contributed by atoms with van der Waals surface area (Å²) in [6.45, 7) is 2.33. The van der Waals surface area contributed by atoms with Crippen molar-refractivity contribution >= 4 is 22.2 Å². The molecule has 2 aliphatic heterocycles. The molecular formula is C30H36FN3O3. The first-order valence-corrected chi connectivity index (χ1v) is 13.5. The van der Waals surface area contributed by atoms with E-state index in [4.69, 9.17) is 10.5 Å². The topological polar surface area (TPSA) is 91.8 Å². The van der Waals surface area contributed by atoms with Crippen molar-refractivity contribution in [1.82, 2.24) is 9.88 Å². The van der Waals surface area contributed by atoms with Crippen LogP contribution in [0.2, 0.25) is 0 Å². The second kappa shape index (κ2) is 7.41. The van der Waals surface area contributed by atoms with Crippen molar-refractivity contribution in [3.05, 3.63) is 53.8 Å². The molecule has 196 valence electrons. The first kappa shape index (κ1) is 23.8. The molecule has 2 unspecified atom stereocenters. The van der Waals surface area contributed by atoms with Crippen molar-refractivity contribution in [3.8, 4) is 0 Å². The number of hydrogen-bond donors (Lipinski definition) is 3. The molecule has 3 aliphatic carbocycles. The number of nitrogens with zero attached hydrogens (tertiary/aromatic N) is 2. The molecule has 1 saturated carbocycles. The molecule has 7 heteroatoms. The lowest BCUT2D eigenvalue weighted by Crippen LogP contribution is -2.73. The third-order valence-corrected chi connectivity index (χ3v) is 10.8. The molecule has 0 radical (unpaired) electrons. The highest BCUT2D eigenvalue weighted by Gasteiger charge is 2.76. The van der Waals surface area contributed by atoms with E-state index >= 15 is 4.39 Å². The normalized spacial score (nSPS) is 44.3. The monoisotopic (exact) mass is 505 g/mol. The Morgan fingerprint density at radius 2 is 1.97 bits per heavy atom. The van der Waals surface area contributed by atoms with Crippen molar-refractivity contribution in [2.24, 2.45) is 11.3 Å². The van der Waals surface area contributed by atoms with Crippen LogP contribution in [0, 0.1) is 11.3 Å². The van der Waals surface area contributed by atoms with Crippen LogP contribution in [-0.4, -0.2) is 69.3 Å². The van der Waals surface area contributed by atoms with E-state index in [1.165, 1.54) is 11.1 Å². The summed E-state index contributed by atoms with van der Waals surface area (Å²) >= 11 is 0. The number of nitrogen functional groups attached to an aromatic ring is 1. The predicted octanol–water partition coefficient (Wildman–Crippen LogP) is 4.01. The number of aliphatic hydroxyl groups excluding tert-OH is 2. The largest absolute Gasteiger partial charge is 0.389 e. The van der Waals surface area contributed by atoms with Gasteiger partial charge in [-0.05, 0) is 80.4 Å². The van der Waals surface area contributed by atoms with Gasteiger partial charge in [0.1, 0.15) is 17.5 Å². The molecular weight excluding hydrogens is 469 g/mol. The molecule has 37 heavy (non-hydrogen) atoms. The van der Waals surface area contributed by atoms with Crippen molar-refractivity contribution in [3.63, 3.8) is 0 Å². The maximum atomic E-state index is 16.9. The Kier molecular flexibility index (Phi) is 4.76. The fourth-order valence-corrected chi connectivity index (χ4v) is 8.80. The quantitative estimate of drug-likeness (QED) is 0.534. The standard InChI is InChI=1S/C30H36FN3O3/c1-27-10-8-19-15-30(31)25(36)24(35)22(34(2)3)16-28(30)11-12-29(19,37-28)23(27)7-6-21(27)18-4-5-20-17(14-18)9-13-33-26(20)32/h4-6,8-9,13-14,22-25,35-36H,7,10-12,15-16H2,1-3H3,(H2,32,33)/t22-,23?,24+,25-,27+,28+,29+,30?/m0/s1. The number of allylic oxidation sites excluding steroid dienone is 3. The summed E-state index contributed by atoms with van der Waals surface area (Å²) in [4.78, 5) is 6.11. The smallest absolute Gasteiger partial charge is 0.171 e. The number of nitrogens with two attached hydrogens (primary N) is 1. The number of alkyl halides is 1. The number of rotatable bonds is 2. The average Bonchev–Trinajstić information content (AvgIpc) is 3.40. The fourth-order valence-electron chi connectivity index (χ4n) is 8.80. The SMILES string of the molecule is CN(C)[C@H]1C[C@@]23CC[C@@]4(O2)C(=CC[C@]2(C)C(c5ccc6c(N)nccc6c5)=CCC24)CC3(F)[C@@H](O)[C@@H]1O. The van der Waals surface area contributed by atoms with Crippen LogP contribution in [0.1, 0.15) is 51.0 Å². The number of ether oxygens (including phenoxy) is 1. The van der Waals surface area contributed by atoms with Gasteiger partial charge in [0.05, 0.1) is 11.7 Å². The zero-order chi connectivity index (χ0) is 26.0. The zero-order valence-corrected chi connectivity index (χ0v) is 21.7. The molecule has 2 aromatic rings. The van der Waals surface area contributed by atoms with Crippen LogP contribution >= 0.6 is 0 Å². The average molecular weight is 506 g/mol. The number of pyridine rings is 1. The Bertz CT molecular complexity index is 1380. The third kappa shape index (κ3) is 2.81. The summed E-state index contributed by atoms with van der Waals surface area (Å²) in [6, 6.07) is 8.04. The van der Waals surface area contributed by atoms with Gasteiger partial charge >= 0.3 is 0 Å². The van der Waals surface area contributed by atoms with Crippen LogP contribution in [0.5, 0.6) is 0 Å². The molecule has 8 atom stereocenters. The Labute approximate surface area is 217 Å². The number of benzene rings is 1. The van der Waals surface area contributed by atoms with Crippen LogP contribution in [0.3, 0.4) is 0 Å². The van der Waals surface area contributed by atoms with Gasteiger partial charge in [-0.2, -0.15) is 0 Å². The van der Waals surface area contributed by atoms with Crippen molar-refractivity contribution in [1.29, 1.82) is 0 Å². The van der Waals surface area contributed by atoms with Crippen LogP contribution < -0.4 is 5.73 Å². The highest BCUT2D eigenvalue weighted by atomic mass is 19.1. The van der Waals surface area contributed by atoms with Crippen molar-refractivity contribution < 1.29 is 19.3 Å². The molecule has 4 N–H and O–H groups in total. The minimum absolute atomic E-state index is 0.134. The summed E-state index contributed by atoms with van der Waals surface area (Å²) in [5, 5.41) is 24.0. The van der Waals surface area contributed by atoms with E-state index in [2.05, 4.69) is 42.3 Å². The first-order valence-electron chi connectivity index (χ1n) is 13.5. The van der Waals surface area contributed by atoms with Gasteiger partial charge in [-0.3, -0.25) is 0 Å². The molecule has 6 nitrogen and oxygen atoms in total. The summed E-state index contributed by atoms with van der Waals surface area (Å²) in [6.07, 6.45) is 7.15. The van der Waals surface area contributed by atoms with Gasteiger partial charge in [0.2, 0.25) is 0 Å². The molecule has 2 saturated heterocycles. The highest BCUT2D eigenvalue weighted by Crippen LogP contribution is 2.70. The number of anilines is 1. The predicted molar refractivity (Wildman–Crippen MR) is 141 cm³/mol. The molecule has 3 heterocycles. The highest BCUT2D eigenvalue weighted by molar-refractivity contribution is 5.93. The van der Waals surface area contributed by atoms with E-state index in [9.17, 15) is 10.2 Å². The summed E-state index contributed by atoms with van der Waals surface area (Å²) in [5.41, 5.74) is 5.81. The number of halogens is 1. The number of fused-ring (bicyclic) bond motifs is 2. The van der Waals surface area contributed by atoms with Gasteiger partial charge in [-0.1, -0.05) is 31.2 Å². The van der Waals surface area contributed by atoms with E-state index in [0.717, 1.165) is 35.6 Å². The summed E-state index contributed by atoms with van der Waals surface area (Å²) in [7, 11) is 3.75. The second-order valence-electron chi connectivity index (χ2n) is 12.6. The lowest BCUT2D eigenvalue weighted by Gasteiger charge is -2.61. The second-order valence-corrected chi connectivity index (χ2v) is 12.6. The van der Waals surface area contributed by atoms with E-state index in [1.807, 2.05) is 25.1 Å². The Balaban J connectivity index is 1.29. The molecule has 1 aromatic heterocycles. The van der Waals surface area contributed by atoms with Crippen LogP contribution in [0.4, 0.5) is 10.2 Å². The maximum absolute atomic E-state index is 16.9. The Morgan fingerprint density at radius 3 is 2.76 bits per heavy atom. The maximum Gasteiger partial charge on any atom is 0.171 e. The van der Waals surface area contributed by atoms with Gasteiger partial charge in [0, 0.05) is 35.4 Å². The minimum Gasteiger partial charge on any atom is -0.389 e. The zero-order valence-electron chi connectivity index (χ0n) is 21.7. The van der Waals surface area contributed by atoms with Gasteiger partial charge in [-0.15, -0.1) is 0 Å². The van der Waals surface area contributed by atoms with Crippen LogP contribution in [-0.2, 0) is 4.74 Å². The van der Waals surface area contributed by atoms with E-state index in [1.54, 1.807) is 6.20 Å². The van der Waals surface area contributed by atoms with Crippen molar-refractivity contribution in [2.45, 2.75) is 80.6 Å². The van der Waals surface area contributed by atoms with Crippen LogP contribution in [0.25, 0.3) is 16.3 Å². The summed E-state index contributed by atoms with van der Waals surface area (Å²) in [5.74, 6) is 0.731. The fraction of sp³-hybridized carbons (Fsp3) is 0.567.